The van der Waals surface area contributed by atoms with Gasteiger partial charge in [-0.3, -0.25) is 0 Å². The highest BCUT2D eigenvalue weighted by atomic mass is 79.9. The Morgan fingerprint density at radius 2 is 1.94 bits per heavy atom. The molecule has 1 unspecified atom stereocenters. The van der Waals surface area contributed by atoms with Gasteiger partial charge in [-0.05, 0) is 48.1 Å². The first kappa shape index (κ1) is 11.8. The van der Waals surface area contributed by atoms with Crippen LogP contribution in [0.5, 0.6) is 0 Å². The fourth-order valence-electron chi connectivity index (χ4n) is 1.65. The van der Waals surface area contributed by atoms with Gasteiger partial charge in [0.15, 0.2) is 0 Å². The number of aliphatic hydroxyl groups excluding tert-OH is 1. The summed E-state index contributed by atoms with van der Waals surface area (Å²) in [4.78, 5) is 1.03. The summed E-state index contributed by atoms with van der Waals surface area (Å²) in [6.07, 6.45) is -0.508. The van der Waals surface area contributed by atoms with E-state index in [0.717, 1.165) is 26.0 Å². The third-order valence-corrected chi connectivity index (χ3v) is 4.61. The minimum Gasteiger partial charge on any atom is -0.383 e. The maximum Gasteiger partial charge on any atom is 0.113 e. The van der Waals surface area contributed by atoms with Crippen LogP contribution in [-0.4, -0.2) is 5.11 Å². The van der Waals surface area contributed by atoms with Crippen LogP contribution in [-0.2, 0) is 0 Å². The summed E-state index contributed by atoms with van der Waals surface area (Å²) >= 11 is 5.06. The van der Waals surface area contributed by atoms with E-state index in [2.05, 4.69) is 15.9 Å². The van der Waals surface area contributed by atoms with E-state index in [1.165, 1.54) is 0 Å². The van der Waals surface area contributed by atoms with E-state index in [1.807, 2.05) is 43.5 Å². The molecule has 1 nitrogen and oxygen atoms in total. The van der Waals surface area contributed by atoms with E-state index in [0.29, 0.717) is 0 Å². The largest absolute Gasteiger partial charge is 0.383 e. The SMILES string of the molecule is Cc1cc(C(O)c2sccc2C)ccc1Br. The van der Waals surface area contributed by atoms with Crippen molar-refractivity contribution < 1.29 is 5.11 Å². The number of benzene rings is 1. The summed E-state index contributed by atoms with van der Waals surface area (Å²) in [7, 11) is 0. The van der Waals surface area contributed by atoms with Gasteiger partial charge in [0.2, 0.25) is 0 Å². The summed E-state index contributed by atoms with van der Waals surface area (Å²) in [5.41, 5.74) is 3.25. The third kappa shape index (κ3) is 2.21. The molecule has 0 radical (unpaired) electrons. The molecule has 84 valence electrons. The van der Waals surface area contributed by atoms with Crippen molar-refractivity contribution in [2.75, 3.05) is 0 Å². The summed E-state index contributed by atoms with van der Waals surface area (Å²) in [6.45, 7) is 4.06. The van der Waals surface area contributed by atoms with Gasteiger partial charge in [-0.1, -0.05) is 28.1 Å². The van der Waals surface area contributed by atoms with Gasteiger partial charge in [0, 0.05) is 9.35 Å². The lowest BCUT2D eigenvalue weighted by atomic mass is 10.0. The molecule has 2 aromatic rings. The van der Waals surface area contributed by atoms with Gasteiger partial charge in [-0.15, -0.1) is 11.3 Å². The maximum atomic E-state index is 10.3. The van der Waals surface area contributed by atoms with Crippen molar-refractivity contribution in [2.45, 2.75) is 20.0 Å². The van der Waals surface area contributed by atoms with Crippen molar-refractivity contribution in [2.24, 2.45) is 0 Å². The van der Waals surface area contributed by atoms with Crippen molar-refractivity contribution in [3.63, 3.8) is 0 Å². The van der Waals surface area contributed by atoms with E-state index in [-0.39, 0.29) is 0 Å². The van der Waals surface area contributed by atoms with Crippen LogP contribution in [0.1, 0.15) is 27.7 Å². The van der Waals surface area contributed by atoms with E-state index < -0.39 is 6.10 Å². The van der Waals surface area contributed by atoms with Gasteiger partial charge < -0.3 is 5.11 Å². The Labute approximate surface area is 108 Å². The number of hydrogen-bond donors (Lipinski definition) is 1. The van der Waals surface area contributed by atoms with Crippen molar-refractivity contribution >= 4 is 27.3 Å². The van der Waals surface area contributed by atoms with Gasteiger partial charge >= 0.3 is 0 Å². The molecule has 3 heteroatoms. The van der Waals surface area contributed by atoms with Crippen LogP contribution in [0.15, 0.2) is 34.1 Å². The Balaban J connectivity index is 2.38. The lowest BCUT2D eigenvalue weighted by Crippen LogP contribution is -1.99. The molecule has 0 bridgehead atoms. The van der Waals surface area contributed by atoms with Crippen LogP contribution in [0, 0.1) is 13.8 Å². The first-order valence-electron chi connectivity index (χ1n) is 5.07. The number of hydrogen-bond acceptors (Lipinski definition) is 2. The molecule has 0 amide bonds. The molecule has 2 rings (SSSR count). The van der Waals surface area contributed by atoms with Crippen molar-refractivity contribution in [1.82, 2.24) is 0 Å². The summed E-state index contributed by atoms with van der Waals surface area (Å²) in [5.74, 6) is 0. The Morgan fingerprint density at radius 3 is 2.50 bits per heavy atom. The molecule has 0 saturated carbocycles. The second kappa shape index (κ2) is 4.70. The molecule has 0 aliphatic heterocycles. The molecular weight excluding hydrogens is 284 g/mol. The first-order chi connectivity index (χ1) is 7.59. The minimum atomic E-state index is -0.508. The van der Waals surface area contributed by atoms with Crippen molar-refractivity contribution in [3.05, 3.63) is 55.7 Å². The minimum absolute atomic E-state index is 0.508. The Hall–Kier alpha value is -0.640. The molecule has 16 heavy (non-hydrogen) atoms. The number of thiophene rings is 1. The zero-order valence-corrected chi connectivity index (χ0v) is 11.6. The average Bonchev–Trinajstić information content (AvgIpc) is 2.67. The summed E-state index contributed by atoms with van der Waals surface area (Å²) in [5, 5.41) is 12.3. The van der Waals surface area contributed by atoms with Gasteiger partial charge in [-0.2, -0.15) is 0 Å². The Kier molecular flexibility index (Phi) is 3.47. The molecule has 1 N–H and O–H groups in total. The standard InChI is InChI=1S/C13H13BrOS/c1-8-5-6-16-13(8)12(15)10-3-4-11(14)9(2)7-10/h3-7,12,15H,1-2H3. The highest BCUT2D eigenvalue weighted by molar-refractivity contribution is 9.10. The quantitative estimate of drug-likeness (QED) is 0.880. The van der Waals surface area contributed by atoms with Crippen molar-refractivity contribution in [3.8, 4) is 0 Å². The summed E-state index contributed by atoms with van der Waals surface area (Å²) < 4.78 is 1.08. The summed E-state index contributed by atoms with van der Waals surface area (Å²) in [6, 6.07) is 8.00. The van der Waals surface area contributed by atoms with Crippen LogP contribution >= 0.6 is 27.3 Å². The van der Waals surface area contributed by atoms with Crippen LogP contribution in [0.3, 0.4) is 0 Å². The fraction of sp³-hybridized carbons (Fsp3) is 0.231. The Bertz CT molecular complexity index is 504. The monoisotopic (exact) mass is 296 g/mol. The number of rotatable bonds is 2. The van der Waals surface area contributed by atoms with Gasteiger partial charge in [0.05, 0.1) is 0 Å². The van der Waals surface area contributed by atoms with Crippen LogP contribution in [0.2, 0.25) is 0 Å². The van der Waals surface area contributed by atoms with Gasteiger partial charge in [0.25, 0.3) is 0 Å². The molecular formula is C13H13BrOS. The molecule has 0 fully saturated rings. The predicted molar refractivity (Wildman–Crippen MR) is 72.0 cm³/mol. The van der Waals surface area contributed by atoms with Gasteiger partial charge in [-0.25, -0.2) is 0 Å². The Morgan fingerprint density at radius 1 is 1.19 bits per heavy atom. The van der Waals surface area contributed by atoms with E-state index in [9.17, 15) is 5.11 Å². The molecule has 1 aromatic heterocycles. The number of aryl methyl sites for hydroxylation is 2. The molecule has 1 aromatic carbocycles. The zero-order valence-electron chi connectivity index (χ0n) is 9.20. The highest BCUT2D eigenvalue weighted by Gasteiger charge is 2.14. The molecule has 1 atom stereocenters. The smallest absolute Gasteiger partial charge is 0.113 e. The van der Waals surface area contributed by atoms with E-state index in [1.54, 1.807) is 11.3 Å². The maximum absolute atomic E-state index is 10.3. The van der Waals surface area contributed by atoms with Crippen LogP contribution < -0.4 is 0 Å². The molecule has 0 spiro atoms. The molecule has 1 heterocycles. The normalized spacial score (nSPS) is 12.8. The lowest BCUT2D eigenvalue weighted by molar-refractivity contribution is 0.223. The molecule has 0 aliphatic rings. The molecule has 0 saturated heterocycles. The first-order valence-corrected chi connectivity index (χ1v) is 6.75. The van der Waals surface area contributed by atoms with Gasteiger partial charge in [0.1, 0.15) is 6.10 Å². The topological polar surface area (TPSA) is 20.2 Å². The highest BCUT2D eigenvalue weighted by Crippen LogP contribution is 2.30. The number of halogens is 1. The average molecular weight is 297 g/mol. The van der Waals surface area contributed by atoms with Crippen LogP contribution in [0.25, 0.3) is 0 Å². The number of aliphatic hydroxyl groups is 1. The zero-order chi connectivity index (χ0) is 11.7. The van der Waals surface area contributed by atoms with Crippen molar-refractivity contribution in [1.29, 1.82) is 0 Å². The van der Waals surface area contributed by atoms with E-state index in [4.69, 9.17) is 0 Å². The van der Waals surface area contributed by atoms with E-state index >= 15 is 0 Å². The third-order valence-electron chi connectivity index (χ3n) is 2.65. The predicted octanol–water partition coefficient (Wildman–Crippen LogP) is 4.21. The molecule has 0 aliphatic carbocycles. The lowest BCUT2D eigenvalue weighted by Gasteiger charge is -2.12. The second-order valence-corrected chi connectivity index (χ2v) is 5.68. The second-order valence-electron chi connectivity index (χ2n) is 3.88. The van der Waals surface area contributed by atoms with Crippen LogP contribution in [0.4, 0.5) is 0 Å². The fourth-order valence-corrected chi connectivity index (χ4v) is 2.84.